The number of pyridine rings is 1. The van der Waals surface area contributed by atoms with Crippen molar-refractivity contribution in [2.75, 3.05) is 0 Å². The van der Waals surface area contributed by atoms with Crippen molar-refractivity contribution in [1.82, 2.24) is 9.71 Å². The maximum absolute atomic E-state index is 11.1. The van der Waals surface area contributed by atoms with Gasteiger partial charge in [-0.3, -0.25) is 9.59 Å². The van der Waals surface area contributed by atoms with Crippen LogP contribution in [0.2, 0.25) is 0 Å². The first-order valence-corrected chi connectivity index (χ1v) is 4.30. The first kappa shape index (κ1) is 9.97. The average molecular weight is 220 g/mol. The highest BCUT2D eigenvalue weighted by Crippen LogP contribution is 2.19. The van der Waals surface area contributed by atoms with Crippen molar-refractivity contribution < 1.29 is 14.8 Å². The number of nitrogens with zero attached hydrogens (tertiary/aromatic N) is 2. The molecule has 0 aliphatic heterocycles. The van der Waals surface area contributed by atoms with Crippen molar-refractivity contribution in [3.05, 3.63) is 29.7 Å². The third-order valence-corrected chi connectivity index (χ3v) is 2.19. The normalized spacial score (nSPS) is 10.5. The van der Waals surface area contributed by atoms with Gasteiger partial charge in [0.15, 0.2) is 0 Å². The van der Waals surface area contributed by atoms with Crippen LogP contribution in [0.1, 0.15) is 20.8 Å². The smallest absolute Gasteiger partial charge is 0.267 e. The molecule has 2 rings (SSSR count). The minimum absolute atomic E-state index is 0.00111. The van der Waals surface area contributed by atoms with Crippen LogP contribution in [0.3, 0.4) is 0 Å². The van der Waals surface area contributed by atoms with Gasteiger partial charge in [0.05, 0.1) is 18.0 Å². The van der Waals surface area contributed by atoms with Crippen molar-refractivity contribution in [3.63, 3.8) is 0 Å². The average Bonchev–Trinajstić information content (AvgIpc) is 2.56. The summed E-state index contributed by atoms with van der Waals surface area (Å²) in [5.41, 5.74) is 10.5. The lowest BCUT2D eigenvalue weighted by atomic mass is 10.2. The van der Waals surface area contributed by atoms with Crippen LogP contribution >= 0.6 is 0 Å². The number of rotatable bonds is 2. The molecule has 2 amide bonds. The number of carbonyl (C=O) groups is 2. The Morgan fingerprint density at radius 1 is 1.31 bits per heavy atom. The second kappa shape index (κ2) is 3.23. The number of aromatic nitrogens is 2. The van der Waals surface area contributed by atoms with E-state index in [0.717, 1.165) is 6.20 Å². The Labute approximate surface area is 89.2 Å². The van der Waals surface area contributed by atoms with Gasteiger partial charge in [-0.2, -0.15) is 4.73 Å². The van der Waals surface area contributed by atoms with Crippen LogP contribution in [-0.4, -0.2) is 26.7 Å². The largest absolute Gasteiger partial charge is 0.428 e. The van der Waals surface area contributed by atoms with Crippen molar-refractivity contribution in [3.8, 4) is 0 Å². The summed E-state index contributed by atoms with van der Waals surface area (Å²) in [7, 11) is 0. The minimum Gasteiger partial charge on any atom is -0.428 e. The number of fused-ring (bicyclic) bond motifs is 1. The minimum atomic E-state index is -0.719. The maximum Gasteiger partial charge on any atom is 0.267 e. The molecule has 0 bridgehead atoms. The molecule has 0 unspecified atom stereocenters. The van der Waals surface area contributed by atoms with Gasteiger partial charge >= 0.3 is 0 Å². The Bertz CT molecular complexity index is 602. The van der Waals surface area contributed by atoms with Crippen LogP contribution in [-0.2, 0) is 0 Å². The standard InChI is InChI=1S/C9H8N4O3/c10-8(14)5-3-13(16)7-2-12-6(9(11)15)1-4(5)7/h1-3,16H,(H2,10,14)(H2,11,15). The molecule has 16 heavy (non-hydrogen) atoms. The number of carbonyl (C=O) groups excluding carboxylic acids is 2. The molecule has 0 aromatic carbocycles. The quantitative estimate of drug-likeness (QED) is 0.588. The summed E-state index contributed by atoms with van der Waals surface area (Å²) in [6, 6.07) is 1.31. The maximum atomic E-state index is 11.1. The molecule has 0 saturated heterocycles. The molecule has 7 heteroatoms. The second-order valence-electron chi connectivity index (χ2n) is 3.20. The molecule has 0 spiro atoms. The van der Waals surface area contributed by atoms with Crippen LogP contribution < -0.4 is 11.5 Å². The number of amides is 2. The lowest BCUT2D eigenvalue weighted by molar-refractivity contribution is 0.0988. The Morgan fingerprint density at radius 3 is 2.56 bits per heavy atom. The second-order valence-corrected chi connectivity index (χ2v) is 3.20. The van der Waals surface area contributed by atoms with E-state index in [0.29, 0.717) is 10.1 Å². The van der Waals surface area contributed by atoms with E-state index in [1.807, 2.05) is 0 Å². The van der Waals surface area contributed by atoms with Crippen LogP contribution in [0.4, 0.5) is 0 Å². The van der Waals surface area contributed by atoms with Gasteiger partial charge in [0, 0.05) is 5.39 Å². The fraction of sp³-hybridized carbons (Fsp3) is 0. The summed E-state index contributed by atoms with van der Waals surface area (Å²) < 4.78 is 0.715. The van der Waals surface area contributed by atoms with E-state index in [9.17, 15) is 14.8 Å². The topological polar surface area (TPSA) is 124 Å². The summed E-state index contributed by atoms with van der Waals surface area (Å²) in [6.07, 6.45) is 2.39. The highest BCUT2D eigenvalue weighted by molar-refractivity contribution is 6.07. The third kappa shape index (κ3) is 1.34. The molecule has 0 aliphatic rings. The molecular formula is C9H8N4O3. The molecule has 82 valence electrons. The first-order valence-electron chi connectivity index (χ1n) is 4.30. The monoisotopic (exact) mass is 220 g/mol. The summed E-state index contributed by atoms with van der Waals surface area (Å²) in [5.74, 6) is -1.43. The van der Waals surface area contributed by atoms with E-state index >= 15 is 0 Å². The predicted octanol–water partition coefficient (Wildman–Crippen LogP) is -0.529. The molecule has 0 fully saturated rings. The van der Waals surface area contributed by atoms with E-state index < -0.39 is 11.8 Å². The summed E-state index contributed by atoms with van der Waals surface area (Å²) in [4.78, 5) is 25.7. The number of nitrogens with two attached hydrogens (primary N) is 2. The molecule has 5 N–H and O–H groups in total. The van der Waals surface area contributed by atoms with Crippen molar-refractivity contribution in [1.29, 1.82) is 0 Å². The first-order chi connectivity index (χ1) is 7.50. The molecule has 0 atom stereocenters. The van der Waals surface area contributed by atoms with E-state index in [4.69, 9.17) is 11.5 Å². The highest BCUT2D eigenvalue weighted by Gasteiger charge is 2.14. The van der Waals surface area contributed by atoms with Gasteiger partial charge in [-0.05, 0) is 6.07 Å². The molecule has 0 radical (unpaired) electrons. The zero-order valence-electron chi connectivity index (χ0n) is 8.04. The molecular weight excluding hydrogens is 212 g/mol. The number of hydrogen-bond acceptors (Lipinski definition) is 4. The molecule has 7 nitrogen and oxygen atoms in total. The molecule has 2 heterocycles. The van der Waals surface area contributed by atoms with Crippen LogP contribution in [0, 0.1) is 0 Å². The molecule has 0 aliphatic carbocycles. The predicted molar refractivity (Wildman–Crippen MR) is 54.0 cm³/mol. The van der Waals surface area contributed by atoms with Crippen LogP contribution in [0.25, 0.3) is 10.9 Å². The summed E-state index contributed by atoms with van der Waals surface area (Å²) >= 11 is 0. The van der Waals surface area contributed by atoms with Crippen molar-refractivity contribution >= 4 is 22.7 Å². The van der Waals surface area contributed by atoms with Gasteiger partial charge < -0.3 is 16.7 Å². The molecule has 2 aromatic heterocycles. The van der Waals surface area contributed by atoms with E-state index in [1.54, 1.807) is 0 Å². The summed E-state index contributed by atoms with van der Waals surface area (Å²) in [6.45, 7) is 0. The van der Waals surface area contributed by atoms with Gasteiger partial charge in [-0.15, -0.1) is 0 Å². The number of hydrogen-bond donors (Lipinski definition) is 3. The van der Waals surface area contributed by atoms with E-state index in [2.05, 4.69) is 4.98 Å². The highest BCUT2D eigenvalue weighted by atomic mass is 16.5. The Kier molecular flexibility index (Phi) is 2.01. The van der Waals surface area contributed by atoms with Crippen molar-refractivity contribution in [2.45, 2.75) is 0 Å². The van der Waals surface area contributed by atoms with Gasteiger partial charge in [-0.1, -0.05) is 0 Å². The molecule has 0 saturated carbocycles. The SMILES string of the molecule is NC(=O)c1cc2c(C(N)=O)cn(O)c2cn1. The fourth-order valence-electron chi connectivity index (χ4n) is 1.44. The Morgan fingerprint density at radius 2 is 2.00 bits per heavy atom. The summed E-state index contributed by atoms with van der Waals surface area (Å²) in [5, 5.41) is 9.76. The van der Waals surface area contributed by atoms with Gasteiger partial charge in [0.1, 0.15) is 11.2 Å². The zero-order valence-corrected chi connectivity index (χ0v) is 8.04. The number of primary amides is 2. The van der Waals surface area contributed by atoms with Crippen LogP contribution in [0.15, 0.2) is 18.5 Å². The molecule has 2 aromatic rings. The van der Waals surface area contributed by atoms with Gasteiger partial charge in [0.25, 0.3) is 11.8 Å². The third-order valence-electron chi connectivity index (χ3n) is 2.19. The van der Waals surface area contributed by atoms with E-state index in [1.165, 1.54) is 12.3 Å². The van der Waals surface area contributed by atoms with Gasteiger partial charge in [0.2, 0.25) is 0 Å². The fourth-order valence-corrected chi connectivity index (χ4v) is 1.44. The Balaban J connectivity index is 2.79. The Hall–Kier alpha value is -2.57. The van der Waals surface area contributed by atoms with Crippen molar-refractivity contribution in [2.24, 2.45) is 11.5 Å². The van der Waals surface area contributed by atoms with Gasteiger partial charge in [-0.25, -0.2) is 4.98 Å². The lowest BCUT2D eigenvalue weighted by Crippen LogP contribution is -2.13. The zero-order chi connectivity index (χ0) is 11.9. The van der Waals surface area contributed by atoms with E-state index in [-0.39, 0.29) is 16.8 Å². The van der Waals surface area contributed by atoms with Crippen LogP contribution in [0.5, 0.6) is 0 Å². The lowest BCUT2D eigenvalue weighted by Gasteiger charge is -1.97.